The molecule has 2 N–H and O–H groups in total. The minimum Gasteiger partial charge on any atom is -0.481 e. The Morgan fingerprint density at radius 2 is 1.54 bits per heavy atom. The summed E-state index contributed by atoms with van der Waals surface area (Å²) >= 11 is 0. The van der Waals surface area contributed by atoms with Crippen LogP contribution < -0.4 is 0 Å². The highest BCUT2D eigenvalue weighted by molar-refractivity contribution is 5.75. The van der Waals surface area contributed by atoms with Crippen LogP contribution in [0.15, 0.2) is 0 Å². The monoisotopic (exact) mass is 412 g/mol. The van der Waals surface area contributed by atoms with Crippen molar-refractivity contribution >= 4 is 17.9 Å². The number of esters is 2. The summed E-state index contributed by atoms with van der Waals surface area (Å²) in [5.74, 6) is -1.90. The molecule has 0 aliphatic heterocycles. The molecule has 0 radical (unpaired) electrons. The third kappa shape index (κ3) is 14.3. The van der Waals surface area contributed by atoms with Crippen molar-refractivity contribution in [2.24, 2.45) is 11.3 Å². The van der Waals surface area contributed by atoms with E-state index in [4.69, 9.17) is 23.7 Å². The zero-order chi connectivity index (χ0) is 22.2. The summed E-state index contributed by atoms with van der Waals surface area (Å²) in [6.07, 6.45) is 3.67. The molecule has 2 unspecified atom stereocenters. The van der Waals surface area contributed by atoms with Gasteiger partial charge in [0.25, 0.3) is 0 Å². The molecule has 7 nitrogen and oxygen atoms in total. The zero-order valence-corrected chi connectivity index (χ0v) is 17.2. The molecule has 0 rings (SSSR count). The van der Waals surface area contributed by atoms with E-state index in [9.17, 15) is 19.5 Å². The van der Waals surface area contributed by atoms with E-state index >= 15 is 0 Å². The van der Waals surface area contributed by atoms with Gasteiger partial charge < -0.3 is 19.7 Å². The van der Waals surface area contributed by atoms with Gasteiger partial charge >= 0.3 is 17.9 Å². The van der Waals surface area contributed by atoms with E-state index in [1.165, 1.54) is 0 Å². The molecule has 166 valence electrons. The number of hydrogen-bond acceptors (Lipinski definition) is 6. The van der Waals surface area contributed by atoms with Crippen molar-refractivity contribution < 1.29 is 43.2 Å². The summed E-state index contributed by atoms with van der Waals surface area (Å²) in [5, 5.41) is 18.5. The Balaban J connectivity index is 0. The first-order valence-electron chi connectivity index (χ1n) is 9.48. The molecule has 0 aliphatic carbocycles. The van der Waals surface area contributed by atoms with Crippen molar-refractivity contribution in [3.05, 3.63) is 0 Å². The van der Waals surface area contributed by atoms with Gasteiger partial charge in [-0.1, -0.05) is 33.1 Å². The van der Waals surface area contributed by atoms with Crippen LogP contribution >= 0.6 is 0 Å². The highest BCUT2D eigenvalue weighted by atomic mass is 20.0. The first-order chi connectivity index (χ1) is 13.1. The average Bonchev–Trinajstić information content (AvgIpc) is 2.68. The summed E-state index contributed by atoms with van der Waals surface area (Å²) in [6.45, 7) is 6.71. The number of carboxylic acid groups (broad SMARTS) is 1. The van der Waals surface area contributed by atoms with Gasteiger partial charge in [-0.05, 0) is 33.1 Å². The van der Waals surface area contributed by atoms with Crippen molar-refractivity contribution in [1.29, 1.82) is 0 Å². The van der Waals surface area contributed by atoms with E-state index in [2.05, 4.69) is 0 Å². The van der Waals surface area contributed by atoms with Crippen LogP contribution in [0.2, 0.25) is 0 Å². The maximum absolute atomic E-state index is 11.8. The standard InChI is InChI=1S/C19H34O7.F2/c1-5-19(3,4)18(24)26-13-15(20)12-25-16(21)11-9-7-6-8-10-14(2)17(22)23;1-2/h14-15,20H,5-13H2,1-4H3,(H,22,23);. The summed E-state index contributed by atoms with van der Waals surface area (Å²) in [5.41, 5.74) is -0.599. The average molecular weight is 412 g/mol. The fraction of sp³-hybridized carbons (Fsp3) is 0.842. The Kier molecular flexibility index (Phi) is 16.5. The number of halogens is 2. The Bertz CT molecular complexity index is 456. The molecule has 0 aliphatic rings. The molecule has 0 saturated heterocycles. The van der Waals surface area contributed by atoms with E-state index in [0.29, 0.717) is 19.3 Å². The minimum absolute atomic E-state index is 0.197. The van der Waals surface area contributed by atoms with Gasteiger partial charge in [0.15, 0.2) is 0 Å². The Labute approximate surface area is 165 Å². The number of ether oxygens (including phenoxy) is 2. The highest BCUT2D eigenvalue weighted by Gasteiger charge is 2.27. The van der Waals surface area contributed by atoms with Crippen LogP contribution in [0.1, 0.15) is 72.6 Å². The molecule has 0 aromatic heterocycles. The van der Waals surface area contributed by atoms with Gasteiger partial charge in [0.2, 0.25) is 0 Å². The lowest BCUT2D eigenvalue weighted by Crippen LogP contribution is -2.31. The van der Waals surface area contributed by atoms with Crippen LogP contribution in [0.3, 0.4) is 0 Å². The number of aliphatic hydroxyl groups excluding tert-OH is 1. The largest absolute Gasteiger partial charge is 0.481 e. The second kappa shape index (κ2) is 16.2. The molecule has 9 heteroatoms. The van der Waals surface area contributed by atoms with Gasteiger partial charge in [0.1, 0.15) is 19.3 Å². The van der Waals surface area contributed by atoms with Gasteiger partial charge in [-0.2, -0.15) is 0 Å². The molecular formula is C19H34F2O7. The first kappa shape index (κ1) is 28.4. The molecule has 0 bridgehead atoms. The molecule has 2 atom stereocenters. The minimum atomic E-state index is -1.03. The maximum atomic E-state index is 11.8. The molecular weight excluding hydrogens is 378 g/mol. The van der Waals surface area contributed by atoms with Crippen molar-refractivity contribution in [2.45, 2.75) is 78.7 Å². The van der Waals surface area contributed by atoms with Gasteiger partial charge in [0, 0.05) is 15.6 Å². The number of unbranched alkanes of at least 4 members (excludes halogenated alkanes) is 3. The summed E-state index contributed by atoms with van der Waals surface area (Å²) in [7, 11) is 0. The molecule has 0 saturated carbocycles. The quantitative estimate of drug-likeness (QED) is 0.330. The Hall–Kier alpha value is -1.77. The Morgan fingerprint density at radius 1 is 1.00 bits per heavy atom. The van der Waals surface area contributed by atoms with E-state index in [-0.39, 0.29) is 31.5 Å². The second-order valence-electron chi connectivity index (χ2n) is 7.36. The van der Waals surface area contributed by atoms with E-state index in [1.54, 1.807) is 20.8 Å². The van der Waals surface area contributed by atoms with Crippen LogP contribution in [-0.2, 0) is 23.9 Å². The highest BCUT2D eigenvalue weighted by Crippen LogP contribution is 2.21. The normalized spacial score (nSPS) is 13.0. The van der Waals surface area contributed by atoms with Gasteiger partial charge in [-0.15, -0.1) is 0 Å². The fourth-order valence-electron chi connectivity index (χ4n) is 2.02. The topological polar surface area (TPSA) is 110 Å². The molecule has 0 heterocycles. The van der Waals surface area contributed by atoms with Crippen LogP contribution in [-0.4, -0.2) is 47.4 Å². The number of carboxylic acids is 1. The fourth-order valence-corrected chi connectivity index (χ4v) is 2.02. The smallest absolute Gasteiger partial charge is 0.311 e. The van der Waals surface area contributed by atoms with Gasteiger partial charge in [0.05, 0.1) is 11.3 Å². The third-order valence-corrected chi connectivity index (χ3v) is 4.47. The lowest BCUT2D eigenvalue weighted by molar-refractivity contribution is -0.159. The van der Waals surface area contributed by atoms with Crippen LogP contribution in [0.25, 0.3) is 0 Å². The zero-order valence-electron chi connectivity index (χ0n) is 17.2. The number of aliphatic carboxylic acids is 1. The van der Waals surface area contributed by atoms with Crippen molar-refractivity contribution in [3.8, 4) is 0 Å². The van der Waals surface area contributed by atoms with Crippen molar-refractivity contribution in [3.63, 3.8) is 0 Å². The number of carbonyl (C=O) groups excluding carboxylic acids is 2. The van der Waals surface area contributed by atoms with Gasteiger partial charge in [-0.3, -0.25) is 14.4 Å². The van der Waals surface area contributed by atoms with Crippen molar-refractivity contribution in [2.75, 3.05) is 13.2 Å². The maximum Gasteiger partial charge on any atom is 0.311 e. The molecule has 28 heavy (non-hydrogen) atoms. The lowest BCUT2D eigenvalue weighted by atomic mass is 9.91. The Morgan fingerprint density at radius 3 is 2.07 bits per heavy atom. The van der Waals surface area contributed by atoms with E-state index in [0.717, 1.165) is 19.3 Å². The van der Waals surface area contributed by atoms with Crippen molar-refractivity contribution in [1.82, 2.24) is 0 Å². The molecule has 0 aromatic rings. The summed E-state index contributed by atoms with van der Waals surface area (Å²) < 4.78 is 26.0. The molecule has 0 amide bonds. The molecule has 0 aromatic carbocycles. The van der Waals surface area contributed by atoms with E-state index < -0.39 is 23.5 Å². The molecule has 0 spiro atoms. The third-order valence-electron chi connectivity index (χ3n) is 4.47. The predicted molar refractivity (Wildman–Crippen MR) is 98.7 cm³/mol. The van der Waals surface area contributed by atoms with Crippen LogP contribution in [0, 0.1) is 11.3 Å². The second-order valence-corrected chi connectivity index (χ2v) is 7.36. The van der Waals surface area contributed by atoms with Crippen LogP contribution in [0.5, 0.6) is 0 Å². The van der Waals surface area contributed by atoms with Gasteiger partial charge in [-0.25, -0.2) is 0 Å². The number of aliphatic hydroxyl groups is 1. The predicted octanol–water partition coefficient (Wildman–Crippen LogP) is 3.77. The number of carbonyl (C=O) groups is 3. The first-order valence-corrected chi connectivity index (χ1v) is 9.48. The number of rotatable bonds is 14. The van der Waals surface area contributed by atoms with E-state index in [1.807, 2.05) is 6.92 Å². The lowest BCUT2D eigenvalue weighted by Gasteiger charge is -2.21. The number of hydrogen-bond donors (Lipinski definition) is 2. The summed E-state index contributed by atoms with van der Waals surface area (Å²) in [6, 6.07) is 0. The SMILES string of the molecule is CCC(C)(C)C(=O)OCC(O)COC(=O)CCCCCCC(C)C(=O)O.FF. The molecule has 0 fully saturated rings. The summed E-state index contributed by atoms with van der Waals surface area (Å²) in [4.78, 5) is 34.0. The van der Waals surface area contributed by atoms with Crippen LogP contribution in [0.4, 0.5) is 9.15 Å².